The van der Waals surface area contributed by atoms with Crippen LogP contribution in [0.5, 0.6) is 0 Å². The van der Waals surface area contributed by atoms with Gasteiger partial charge in [0.1, 0.15) is 0 Å². The predicted molar refractivity (Wildman–Crippen MR) is 98.1 cm³/mol. The van der Waals surface area contributed by atoms with Crippen LogP contribution in [0.4, 0.5) is 0 Å². The van der Waals surface area contributed by atoms with Crippen molar-refractivity contribution in [3.63, 3.8) is 0 Å². The second kappa shape index (κ2) is 7.51. The van der Waals surface area contributed by atoms with Crippen molar-refractivity contribution in [3.05, 3.63) is 53.3 Å². The van der Waals surface area contributed by atoms with Gasteiger partial charge < -0.3 is 10.2 Å². The summed E-state index contributed by atoms with van der Waals surface area (Å²) in [7, 11) is 1.98. The average molecular weight is 325 g/mol. The summed E-state index contributed by atoms with van der Waals surface area (Å²) >= 11 is 0. The van der Waals surface area contributed by atoms with E-state index < -0.39 is 0 Å². The van der Waals surface area contributed by atoms with Crippen LogP contribution in [0, 0.1) is 6.92 Å². The summed E-state index contributed by atoms with van der Waals surface area (Å²) in [6.07, 6.45) is 5.28. The molecule has 0 bridgehead atoms. The standard InChI is InChI=1S/C19H27N5/c1-4-20-19(21-11-16-8-6-5-7-15(16)2)24-10-9-17(14-24)18-12-22-23(3)13-18/h5-8,12-13,17H,4,9-11,14H2,1-3H3,(H,20,21). The first-order valence-corrected chi connectivity index (χ1v) is 8.73. The van der Waals surface area contributed by atoms with E-state index in [0.717, 1.165) is 38.6 Å². The SMILES string of the molecule is CCNC(=NCc1ccccc1C)N1CCC(c2cnn(C)c2)C1. The minimum atomic E-state index is 0.543. The lowest BCUT2D eigenvalue weighted by molar-refractivity contribution is 0.486. The van der Waals surface area contributed by atoms with Crippen LogP contribution < -0.4 is 5.32 Å². The first-order valence-electron chi connectivity index (χ1n) is 8.73. The van der Waals surface area contributed by atoms with Crippen LogP contribution in [0.2, 0.25) is 0 Å². The zero-order valence-electron chi connectivity index (χ0n) is 14.9. The topological polar surface area (TPSA) is 45.5 Å². The summed E-state index contributed by atoms with van der Waals surface area (Å²) in [5, 5.41) is 7.75. The van der Waals surface area contributed by atoms with Gasteiger partial charge in [0.15, 0.2) is 5.96 Å². The third kappa shape index (κ3) is 3.78. The van der Waals surface area contributed by atoms with E-state index in [0.29, 0.717) is 5.92 Å². The number of guanidine groups is 1. The molecule has 1 saturated heterocycles. The van der Waals surface area contributed by atoms with Crippen LogP contribution in [0.15, 0.2) is 41.7 Å². The molecule has 3 rings (SSSR count). The molecule has 24 heavy (non-hydrogen) atoms. The summed E-state index contributed by atoms with van der Waals surface area (Å²) in [4.78, 5) is 7.24. The lowest BCUT2D eigenvalue weighted by atomic mass is 10.0. The molecule has 2 heterocycles. The van der Waals surface area contributed by atoms with E-state index in [1.807, 2.05) is 17.9 Å². The van der Waals surface area contributed by atoms with E-state index in [-0.39, 0.29) is 0 Å². The molecule has 1 aliphatic rings. The lowest BCUT2D eigenvalue weighted by Gasteiger charge is -2.21. The predicted octanol–water partition coefficient (Wildman–Crippen LogP) is 2.68. The van der Waals surface area contributed by atoms with Crippen LogP contribution in [-0.2, 0) is 13.6 Å². The maximum Gasteiger partial charge on any atom is 0.194 e. The van der Waals surface area contributed by atoms with Crippen molar-refractivity contribution in [2.45, 2.75) is 32.7 Å². The Morgan fingerprint density at radius 2 is 2.21 bits per heavy atom. The number of likely N-dealkylation sites (tertiary alicyclic amines) is 1. The molecule has 1 aromatic carbocycles. The van der Waals surface area contributed by atoms with Crippen molar-refractivity contribution in [2.75, 3.05) is 19.6 Å². The Bertz CT molecular complexity index is 703. The Morgan fingerprint density at radius 1 is 1.38 bits per heavy atom. The molecule has 0 radical (unpaired) electrons. The fourth-order valence-electron chi connectivity index (χ4n) is 3.25. The molecule has 1 aromatic heterocycles. The van der Waals surface area contributed by atoms with Crippen LogP contribution in [0.3, 0.4) is 0 Å². The summed E-state index contributed by atoms with van der Waals surface area (Å²) < 4.78 is 1.88. The normalized spacial score (nSPS) is 18.2. The highest BCUT2D eigenvalue weighted by Gasteiger charge is 2.26. The third-order valence-electron chi connectivity index (χ3n) is 4.68. The number of aromatic nitrogens is 2. The van der Waals surface area contributed by atoms with Gasteiger partial charge in [-0.2, -0.15) is 5.10 Å². The molecule has 1 fully saturated rings. The molecule has 128 valence electrons. The summed E-state index contributed by atoms with van der Waals surface area (Å²) in [6, 6.07) is 8.46. The molecule has 0 aliphatic carbocycles. The number of aliphatic imine (C=N–C) groups is 1. The van der Waals surface area contributed by atoms with E-state index in [1.54, 1.807) is 0 Å². The van der Waals surface area contributed by atoms with Crippen LogP contribution >= 0.6 is 0 Å². The van der Waals surface area contributed by atoms with Gasteiger partial charge in [-0.3, -0.25) is 4.68 Å². The quantitative estimate of drug-likeness (QED) is 0.694. The minimum absolute atomic E-state index is 0.543. The molecular formula is C19H27N5. The fraction of sp³-hybridized carbons (Fsp3) is 0.474. The second-order valence-corrected chi connectivity index (χ2v) is 6.48. The van der Waals surface area contributed by atoms with E-state index in [1.165, 1.54) is 16.7 Å². The molecule has 0 spiro atoms. The fourth-order valence-corrected chi connectivity index (χ4v) is 3.25. The number of hydrogen-bond donors (Lipinski definition) is 1. The number of nitrogens with one attached hydrogen (secondary N) is 1. The highest BCUT2D eigenvalue weighted by molar-refractivity contribution is 5.80. The van der Waals surface area contributed by atoms with Crippen LogP contribution in [0.25, 0.3) is 0 Å². The number of benzene rings is 1. The van der Waals surface area contributed by atoms with E-state index in [9.17, 15) is 0 Å². The van der Waals surface area contributed by atoms with Crippen LogP contribution in [0.1, 0.15) is 36.0 Å². The van der Waals surface area contributed by atoms with Gasteiger partial charge in [-0.1, -0.05) is 24.3 Å². The monoisotopic (exact) mass is 325 g/mol. The van der Waals surface area contributed by atoms with Gasteiger partial charge in [0.05, 0.1) is 12.7 Å². The highest BCUT2D eigenvalue weighted by atomic mass is 15.3. The van der Waals surface area contributed by atoms with Crippen molar-refractivity contribution in [2.24, 2.45) is 12.0 Å². The molecule has 1 unspecified atom stereocenters. The molecule has 1 N–H and O–H groups in total. The molecule has 2 aromatic rings. The molecule has 0 saturated carbocycles. The molecular weight excluding hydrogens is 298 g/mol. The van der Waals surface area contributed by atoms with Crippen molar-refractivity contribution in [1.82, 2.24) is 20.0 Å². The first kappa shape index (κ1) is 16.6. The molecule has 5 nitrogen and oxygen atoms in total. The highest BCUT2D eigenvalue weighted by Crippen LogP contribution is 2.26. The Labute approximate surface area is 144 Å². The van der Waals surface area contributed by atoms with Gasteiger partial charge >= 0.3 is 0 Å². The van der Waals surface area contributed by atoms with Gasteiger partial charge in [-0.25, -0.2) is 4.99 Å². The Hall–Kier alpha value is -2.30. The van der Waals surface area contributed by atoms with Gasteiger partial charge in [0.2, 0.25) is 0 Å². The number of rotatable bonds is 4. The smallest absolute Gasteiger partial charge is 0.194 e. The van der Waals surface area contributed by atoms with Gasteiger partial charge in [0, 0.05) is 38.8 Å². The Balaban J connectivity index is 1.69. The number of hydrogen-bond acceptors (Lipinski definition) is 2. The minimum Gasteiger partial charge on any atom is -0.357 e. The first-order chi connectivity index (χ1) is 11.7. The van der Waals surface area contributed by atoms with Gasteiger partial charge in [0.25, 0.3) is 0 Å². The maximum absolute atomic E-state index is 4.87. The van der Waals surface area contributed by atoms with Gasteiger partial charge in [-0.15, -0.1) is 0 Å². The zero-order chi connectivity index (χ0) is 16.9. The summed E-state index contributed by atoms with van der Waals surface area (Å²) in [5.74, 6) is 1.56. The van der Waals surface area contributed by atoms with E-state index >= 15 is 0 Å². The summed E-state index contributed by atoms with van der Waals surface area (Å²) in [5.41, 5.74) is 3.91. The number of aryl methyl sites for hydroxylation is 2. The maximum atomic E-state index is 4.87. The van der Waals surface area contributed by atoms with Crippen molar-refractivity contribution in [1.29, 1.82) is 0 Å². The van der Waals surface area contributed by atoms with E-state index in [4.69, 9.17) is 4.99 Å². The molecule has 1 aliphatic heterocycles. The number of nitrogens with zero attached hydrogens (tertiary/aromatic N) is 4. The lowest BCUT2D eigenvalue weighted by Crippen LogP contribution is -2.40. The Kier molecular flexibility index (Phi) is 5.18. The molecule has 1 atom stereocenters. The average Bonchev–Trinajstić information content (AvgIpc) is 3.21. The third-order valence-corrected chi connectivity index (χ3v) is 4.68. The molecule has 5 heteroatoms. The summed E-state index contributed by atoms with van der Waals surface area (Å²) in [6.45, 7) is 7.93. The van der Waals surface area contributed by atoms with Crippen molar-refractivity contribution < 1.29 is 0 Å². The second-order valence-electron chi connectivity index (χ2n) is 6.48. The van der Waals surface area contributed by atoms with Gasteiger partial charge in [-0.05, 0) is 37.0 Å². The molecule has 0 amide bonds. The Morgan fingerprint density at radius 3 is 2.92 bits per heavy atom. The van der Waals surface area contributed by atoms with E-state index in [2.05, 4.69) is 59.6 Å². The van der Waals surface area contributed by atoms with Crippen LogP contribution in [-0.4, -0.2) is 40.3 Å². The van der Waals surface area contributed by atoms with Crippen molar-refractivity contribution in [3.8, 4) is 0 Å². The largest absolute Gasteiger partial charge is 0.357 e. The zero-order valence-corrected chi connectivity index (χ0v) is 14.9. The van der Waals surface area contributed by atoms with Crippen molar-refractivity contribution >= 4 is 5.96 Å².